The largest absolute Gasteiger partial charge is 0.312 e. The molecular weight excluding hydrogens is 186 g/mol. The van der Waals surface area contributed by atoms with Gasteiger partial charge in [0.1, 0.15) is 0 Å². The van der Waals surface area contributed by atoms with E-state index in [9.17, 15) is 4.79 Å². The molecule has 0 fully saturated rings. The minimum absolute atomic E-state index is 0.144. The van der Waals surface area contributed by atoms with Gasteiger partial charge in [0.15, 0.2) is 0 Å². The number of amides is 1. The second-order valence-corrected chi connectivity index (χ2v) is 4.54. The lowest BCUT2D eigenvalue weighted by Gasteiger charge is -2.17. The standard InChI is InChI=1S/C13H17NO/c1-9(2)12-8-14(10(3)15)13-7-5-4-6-11(12)13/h4-7,9,12H,8H2,1-3H3. The van der Waals surface area contributed by atoms with Crippen molar-refractivity contribution in [3.63, 3.8) is 0 Å². The van der Waals surface area contributed by atoms with Crippen LogP contribution in [0, 0.1) is 5.92 Å². The SMILES string of the molecule is CC(=O)N1CC(C(C)C)c2ccccc21. The Balaban J connectivity index is 2.44. The van der Waals surface area contributed by atoms with E-state index in [0.717, 1.165) is 12.2 Å². The van der Waals surface area contributed by atoms with Crippen molar-refractivity contribution >= 4 is 11.6 Å². The molecule has 0 saturated heterocycles. The van der Waals surface area contributed by atoms with Crippen LogP contribution in [0.2, 0.25) is 0 Å². The number of hydrogen-bond acceptors (Lipinski definition) is 1. The van der Waals surface area contributed by atoms with Crippen molar-refractivity contribution in [2.24, 2.45) is 5.92 Å². The zero-order chi connectivity index (χ0) is 11.0. The Morgan fingerprint density at radius 3 is 2.67 bits per heavy atom. The molecular formula is C13H17NO. The van der Waals surface area contributed by atoms with Crippen LogP contribution in [0.1, 0.15) is 32.3 Å². The van der Waals surface area contributed by atoms with E-state index in [2.05, 4.69) is 26.0 Å². The maximum atomic E-state index is 11.5. The van der Waals surface area contributed by atoms with Crippen LogP contribution >= 0.6 is 0 Å². The molecule has 1 atom stereocenters. The number of anilines is 1. The summed E-state index contributed by atoms with van der Waals surface area (Å²) in [7, 11) is 0. The normalized spacial score (nSPS) is 19.5. The fraction of sp³-hybridized carbons (Fsp3) is 0.462. The van der Waals surface area contributed by atoms with E-state index in [4.69, 9.17) is 0 Å². The minimum atomic E-state index is 0.144. The van der Waals surface area contributed by atoms with Gasteiger partial charge in [-0.15, -0.1) is 0 Å². The van der Waals surface area contributed by atoms with Gasteiger partial charge in [0.2, 0.25) is 5.91 Å². The predicted molar refractivity (Wildman–Crippen MR) is 62.0 cm³/mol. The number of para-hydroxylation sites is 1. The summed E-state index contributed by atoms with van der Waals surface area (Å²) in [6.45, 7) is 6.90. The topological polar surface area (TPSA) is 20.3 Å². The van der Waals surface area contributed by atoms with Crippen molar-refractivity contribution in [2.75, 3.05) is 11.4 Å². The molecule has 2 heteroatoms. The van der Waals surface area contributed by atoms with Gasteiger partial charge in [-0.25, -0.2) is 0 Å². The Labute approximate surface area is 90.9 Å². The van der Waals surface area contributed by atoms with Crippen LogP contribution in [0.25, 0.3) is 0 Å². The molecule has 15 heavy (non-hydrogen) atoms. The third-order valence-electron chi connectivity index (χ3n) is 3.19. The van der Waals surface area contributed by atoms with Gasteiger partial charge in [-0.05, 0) is 17.5 Å². The van der Waals surface area contributed by atoms with Crippen LogP contribution in [0.3, 0.4) is 0 Å². The summed E-state index contributed by atoms with van der Waals surface area (Å²) in [5, 5.41) is 0. The molecule has 1 heterocycles. The third kappa shape index (κ3) is 1.65. The van der Waals surface area contributed by atoms with Crippen LogP contribution in [-0.4, -0.2) is 12.5 Å². The molecule has 2 rings (SSSR count). The van der Waals surface area contributed by atoms with Gasteiger partial charge < -0.3 is 4.90 Å². The highest BCUT2D eigenvalue weighted by atomic mass is 16.2. The average Bonchev–Trinajstić information content (AvgIpc) is 2.56. The Kier molecular flexibility index (Phi) is 2.51. The lowest BCUT2D eigenvalue weighted by molar-refractivity contribution is -0.116. The molecule has 0 aromatic heterocycles. The van der Waals surface area contributed by atoms with Gasteiger partial charge in [0.25, 0.3) is 0 Å². The van der Waals surface area contributed by atoms with Gasteiger partial charge in [-0.2, -0.15) is 0 Å². The molecule has 1 amide bonds. The summed E-state index contributed by atoms with van der Waals surface area (Å²) >= 11 is 0. The van der Waals surface area contributed by atoms with Crippen molar-refractivity contribution in [3.05, 3.63) is 29.8 Å². The number of benzene rings is 1. The number of hydrogen-bond donors (Lipinski definition) is 0. The molecule has 80 valence electrons. The molecule has 0 N–H and O–H groups in total. The van der Waals surface area contributed by atoms with Crippen LogP contribution in [0.5, 0.6) is 0 Å². The molecule has 0 radical (unpaired) electrons. The molecule has 1 aliphatic rings. The van der Waals surface area contributed by atoms with Crippen LogP contribution in [0.4, 0.5) is 5.69 Å². The third-order valence-corrected chi connectivity index (χ3v) is 3.19. The van der Waals surface area contributed by atoms with E-state index in [0.29, 0.717) is 11.8 Å². The van der Waals surface area contributed by atoms with Crippen molar-refractivity contribution in [1.29, 1.82) is 0 Å². The summed E-state index contributed by atoms with van der Waals surface area (Å²) in [5.41, 5.74) is 2.42. The summed E-state index contributed by atoms with van der Waals surface area (Å²) < 4.78 is 0. The highest BCUT2D eigenvalue weighted by molar-refractivity contribution is 5.94. The van der Waals surface area contributed by atoms with Gasteiger partial charge >= 0.3 is 0 Å². The van der Waals surface area contributed by atoms with E-state index in [1.807, 2.05) is 17.0 Å². The maximum Gasteiger partial charge on any atom is 0.223 e. The van der Waals surface area contributed by atoms with E-state index in [-0.39, 0.29) is 5.91 Å². The molecule has 0 bridgehead atoms. The summed E-state index contributed by atoms with van der Waals surface area (Å²) in [4.78, 5) is 13.4. The lowest BCUT2D eigenvalue weighted by atomic mass is 9.90. The van der Waals surface area contributed by atoms with Crippen LogP contribution in [0.15, 0.2) is 24.3 Å². The number of nitrogens with zero attached hydrogens (tertiary/aromatic N) is 1. The Morgan fingerprint density at radius 2 is 2.07 bits per heavy atom. The smallest absolute Gasteiger partial charge is 0.223 e. The zero-order valence-electron chi connectivity index (χ0n) is 9.53. The number of rotatable bonds is 1. The first-order valence-corrected chi connectivity index (χ1v) is 5.48. The Hall–Kier alpha value is -1.31. The van der Waals surface area contributed by atoms with E-state index >= 15 is 0 Å². The van der Waals surface area contributed by atoms with Gasteiger partial charge in [0.05, 0.1) is 0 Å². The first-order chi connectivity index (χ1) is 7.11. The quantitative estimate of drug-likeness (QED) is 0.687. The van der Waals surface area contributed by atoms with Crippen molar-refractivity contribution in [2.45, 2.75) is 26.7 Å². The first-order valence-electron chi connectivity index (χ1n) is 5.48. The maximum absolute atomic E-state index is 11.5. The predicted octanol–water partition coefficient (Wildman–Crippen LogP) is 2.79. The summed E-state index contributed by atoms with van der Waals surface area (Å²) in [6, 6.07) is 8.23. The van der Waals surface area contributed by atoms with Crippen molar-refractivity contribution in [1.82, 2.24) is 0 Å². The highest BCUT2D eigenvalue weighted by Crippen LogP contribution is 2.39. The Bertz CT molecular complexity index is 384. The molecule has 1 aliphatic heterocycles. The molecule has 1 aromatic rings. The lowest BCUT2D eigenvalue weighted by Crippen LogP contribution is -2.27. The first kappa shape index (κ1) is 10.2. The molecule has 0 spiro atoms. The fourth-order valence-electron chi connectivity index (χ4n) is 2.31. The highest BCUT2D eigenvalue weighted by Gasteiger charge is 2.31. The average molecular weight is 203 g/mol. The van der Waals surface area contributed by atoms with E-state index in [1.165, 1.54) is 5.56 Å². The van der Waals surface area contributed by atoms with Crippen LogP contribution in [-0.2, 0) is 4.79 Å². The molecule has 1 aromatic carbocycles. The van der Waals surface area contributed by atoms with Crippen molar-refractivity contribution < 1.29 is 4.79 Å². The number of carbonyl (C=O) groups excluding carboxylic acids is 1. The zero-order valence-corrected chi connectivity index (χ0v) is 9.53. The summed E-state index contributed by atoms with van der Waals surface area (Å²) in [5.74, 6) is 1.21. The fourth-order valence-corrected chi connectivity index (χ4v) is 2.31. The van der Waals surface area contributed by atoms with Gasteiger partial charge in [-0.1, -0.05) is 32.0 Å². The van der Waals surface area contributed by atoms with E-state index in [1.54, 1.807) is 6.92 Å². The second-order valence-electron chi connectivity index (χ2n) is 4.54. The Morgan fingerprint density at radius 1 is 1.40 bits per heavy atom. The van der Waals surface area contributed by atoms with Gasteiger partial charge in [0, 0.05) is 25.1 Å². The number of carbonyl (C=O) groups is 1. The number of fused-ring (bicyclic) bond motifs is 1. The monoisotopic (exact) mass is 203 g/mol. The molecule has 0 aliphatic carbocycles. The van der Waals surface area contributed by atoms with Crippen molar-refractivity contribution in [3.8, 4) is 0 Å². The molecule has 2 nitrogen and oxygen atoms in total. The molecule has 1 unspecified atom stereocenters. The minimum Gasteiger partial charge on any atom is -0.312 e. The van der Waals surface area contributed by atoms with Gasteiger partial charge in [-0.3, -0.25) is 4.79 Å². The second kappa shape index (κ2) is 3.69. The van der Waals surface area contributed by atoms with Crippen LogP contribution < -0.4 is 4.90 Å². The summed E-state index contributed by atoms with van der Waals surface area (Å²) in [6.07, 6.45) is 0. The molecule has 0 saturated carbocycles. The van der Waals surface area contributed by atoms with E-state index < -0.39 is 0 Å².